The van der Waals surface area contributed by atoms with Crippen molar-refractivity contribution >= 4 is 11.9 Å². The molecule has 432 valence electrons. The first-order valence-electron chi connectivity index (χ1n) is 29.3. The second kappa shape index (κ2) is 52.0. The average molecular weight is 1070 g/mol. The molecule has 77 heavy (non-hydrogen) atoms. The molecule has 6 N–H and O–H groups in total. The van der Waals surface area contributed by atoms with Crippen LogP contribution < -0.4 is 5.32 Å². The first kappa shape index (κ1) is 70.3. The van der Waals surface area contributed by atoms with Crippen LogP contribution in [-0.2, 0) is 23.8 Å². The zero-order valence-corrected chi connectivity index (χ0v) is 47.5. The van der Waals surface area contributed by atoms with Crippen LogP contribution in [0, 0.1) is 0 Å². The topological polar surface area (TPSA) is 175 Å². The molecule has 1 fully saturated rings. The number of ether oxygens (including phenoxy) is 3. The molecule has 0 radical (unpaired) electrons. The number of esters is 1. The summed E-state index contributed by atoms with van der Waals surface area (Å²) in [6, 6.07) is -1.07. The summed E-state index contributed by atoms with van der Waals surface area (Å²) in [6.45, 7) is 5.43. The Balaban J connectivity index is 2.77. The van der Waals surface area contributed by atoms with Crippen LogP contribution in [0.15, 0.2) is 158 Å². The van der Waals surface area contributed by atoms with E-state index in [0.29, 0.717) is 12.8 Å². The van der Waals surface area contributed by atoms with Crippen LogP contribution >= 0.6 is 0 Å². The van der Waals surface area contributed by atoms with Gasteiger partial charge in [-0.15, -0.1) is 0 Å². The highest BCUT2D eigenvalue weighted by atomic mass is 16.7. The Bertz CT molecular complexity index is 1850. The normalized spacial score (nSPS) is 20.2. The van der Waals surface area contributed by atoms with E-state index in [2.05, 4.69) is 105 Å². The van der Waals surface area contributed by atoms with Gasteiger partial charge in [0.1, 0.15) is 24.4 Å². The minimum atomic E-state index is -1.65. The van der Waals surface area contributed by atoms with E-state index in [-0.39, 0.29) is 19.4 Å². The average Bonchev–Trinajstić information content (AvgIpc) is 3.43. The lowest BCUT2D eigenvalue weighted by Gasteiger charge is -2.41. The monoisotopic (exact) mass is 1070 g/mol. The fourth-order valence-corrected chi connectivity index (χ4v) is 7.98. The molecule has 0 spiro atoms. The quantitative estimate of drug-likeness (QED) is 0.0149. The second-order valence-electron chi connectivity index (χ2n) is 19.4. The summed E-state index contributed by atoms with van der Waals surface area (Å²) in [6.07, 6.45) is 65.7. The van der Waals surface area contributed by atoms with Gasteiger partial charge in [-0.05, 0) is 96.3 Å². The van der Waals surface area contributed by atoms with E-state index in [9.17, 15) is 35.1 Å². The molecule has 0 bridgehead atoms. The van der Waals surface area contributed by atoms with Crippen LogP contribution in [0.4, 0.5) is 0 Å². The highest BCUT2D eigenvalue weighted by Gasteiger charge is 2.47. The van der Waals surface area contributed by atoms with E-state index in [0.717, 1.165) is 96.3 Å². The maximum atomic E-state index is 13.4. The Morgan fingerprint density at radius 3 is 1.56 bits per heavy atom. The number of allylic oxidation sites excluding steroid dienone is 25. The number of unbranched alkanes of at least 4 members (excludes halogenated alkanes) is 13. The maximum absolute atomic E-state index is 13.4. The van der Waals surface area contributed by atoms with E-state index >= 15 is 0 Å². The predicted molar refractivity (Wildman–Crippen MR) is 319 cm³/mol. The lowest BCUT2D eigenvalue weighted by Crippen LogP contribution is -2.61. The van der Waals surface area contributed by atoms with Gasteiger partial charge in [0.05, 0.1) is 25.4 Å². The molecular weight excluding hydrogens is 967 g/mol. The Hall–Kier alpha value is -4.72. The largest absolute Gasteiger partial charge is 0.454 e. The molecule has 1 saturated heterocycles. The van der Waals surface area contributed by atoms with Gasteiger partial charge in [0, 0.05) is 6.42 Å². The van der Waals surface area contributed by atoms with Crippen molar-refractivity contribution in [2.45, 2.75) is 230 Å². The van der Waals surface area contributed by atoms with Crippen LogP contribution in [0.5, 0.6) is 0 Å². The lowest BCUT2D eigenvalue weighted by molar-refractivity contribution is -0.305. The lowest BCUT2D eigenvalue weighted by atomic mass is 9.99. The van der Waals surface area contributed by atoms with Gasteiger partial charge in [0.15, 0.2) is 12.4 Å². The minimum absolute atomic E-state index is 0.0519. The van der Waals surface area contributed by atoms with Crippen LogP contribution in [0.3, 0.4) is 0 Å². The number of hydrogen-bond donors (Lipinski definition) is 6. The summed E-state index contributed by atoms with van der Waals surface area (Å²) in [7, 11) is 0. The van der Waals surface area contributed by atoms with Gasteiger partial charge in [0.2, 0.25) is 5.91 Å². The van der Waals surface area contributed by atoms with Crippen molar-refractivity contribution in [3.05, 3.63) is 158 Å². The zero-order chi connectivity index (χ0) is 56.1. The number of aliphatic hydroxyl groups is 5. The van der Waals surface area contributed by atoms with E-state index in [1.807, 2.05) is 72.9 Å². The number of carbonyl (C=O) groups is 2. The van der Waals surface area contributed by atoms with Gasteiger partial charge < -0.3 is 45.1 Å². The number of aliphatic hydroxyl groups excluding tert-OH is 5. The van der Waals surface area contributed by atoms with Crippen LogP contribution in [0.25, 0.3) is 0 Å². The number of rotatable bonds is 46. The SMILES string of the molecule is CC\C=C/C=C/C=C/C=C\C=C\C=C\CCCCC(O)C(=O)NC(COC1OC(CO)C(O)C(O)C1OC(=O)CCCC/C=C\C/C=C\C/C=C\C/C=C\C/C=C\C/C=C\CC)C(O)/C=C/CCCCCCCCCCC. The van der Waals surface area contributed by atoms with Gasteiger partial charge in [-0.2, -0.15) is 0 Å². The third-order valence-electron chi connectivity index (χ3n) is 12.6. The summed E-state index contributed by atoms with van der Waals surface area (Å²) in [4.78, 5) is 26.5. The predicted octanol–water partition coefficient (Wildman–Crippen LogP) is 13.6. The molecule has 1 aliphatic rings. The van der Waals surface area contributed by atoms with Crippen molar-refractivity contribution in [1.82, 2.24) is 5.32 Å². The molecule has 0 aromatic carbocycles. The molecule has 0 saturated carbocycles. The molecule has 1 rings (SSSR count). The molecule has 0 aliphatic carbocycles. The molecule has 1 amide bonds. The van der Waals surface area contributed by atoms with Crippen molar-refractivity contribution in [1.29, 1.82) is 0 Å². The van der Waals surface area contributed by atoms with E-state index in [1.165, 1.54) is 38.5 Å². The minimum Gasteiger partial charge on any atom is -0.454 e. The number of carbonyl (C=O) groups excluding carboxylic acids is 2. The van der Waals surface area contributed by atoms with Crippen molar-refractivity contribution in [2.24, 2.45) is 0 Å². The number of nitrogens with one attached hydrogen (secondary N) is 1. The zero-order valence-electron chi connectivity index (χ0n) is 47.5. The number of hydrogen-bond acceptors (Lipinski definition) is 10. The first-order chi connectivity index (χ1) is 37.7. The van der Waals surface area contributed by atoms with Crippen LogP contribution in [0.2, 0.25) is 0 Å². The van der Waals surface area contributed by atoms with Crippen LogP contribution in [-0.4, -0.2) is 99.6 Å². The molecule has 1 aliphatic heterocycles. The van der Waals surface area contributed by atoms with Gasteiger partial charge in [0.25, 0.3) is 0 Å². The number of amides is 1. The van der Waals surface area contributed by atoms with Crippen LogP contribution in [0.1, 0.15) is 181 Å². The summed E-state index contributed by atoms with van der Waals surface area (Å²) in [5.41, 5.74) is 0. The fraction of sp³-hybridized carbons (Fsp3) is 0.576. The summed E-state index contributed by atoms with van der Waals surface area (Å²) in [5.74, 6) is -1.30. The van der Waals surface area contributed by atoms with Gasteiger partial charge in [-0.3, -0.25) is 9.59 Å². The molecule has 8 unspecified atom stereocenters. The molecule has 0 aromatic heterocycles. The Morgan fingerprint density at radius 2 is 1.00 bits per heavy atom. The van der Waals surface area contributed by atoms with Crippen molar-refractivity contribution < 1.29 is 49.3 Å². The molecule has 8 atom stereocenters. The summed E-state index contributed by atoms with van der Waals surface area (Å²) >= 11 is 0. The van der Waals surface area contributed by atoms with Gasteiger partial charge >= 0.3 is 5.97 Å². The molecule has 0 aromatic rings. The second-order valence-corrected chi connectivity index (χ2v) is 19.4. The molecular formula is C66H103NO10. The smallest absolute Gasteiger partial charge is 0.306 e. The third kappa shape index (κ3) is 40.2. The van der Waals surface area contributed by atoms with Gasteiger partial charge in [-0.25, -0.2) is 0 Å². The summed E-state index contributed by atoms with van der Waals surface area (Å²) in [5, 5.41) is 56.8. The van der Waals surface area contributed by atoms with Crippen molar-refractivity contribution in [3.63, 3.8) is 0 Å². The van der Waals surface area contributed by atoms with E-state index in [1.54, 1.807) is 6.08 Å². The molecule has 1 heterocycles. The van der Waals surface area contributed by atoms with E-state index < -0.39 is 67.4 Å². The third-order valence-corrected chi connectivity index (χ3v) is 12.6. The Labute approximate surface area is 466 Å². The summed E-state index contributed by atoms with van der Waals surface area (Å²) < 4.78 is 17.5. The first-order valence-corrected chi connectivity index (χ1v) is 29.3. The highest BCUT2D eigenvalue weighted by molar-refractivity contribution is 5.80. The maximum Gasteiger partial charge on any atom is 0.306 e. The highest BCUT2D eigenvalue weighted by Crippen LogP contribution is 2.26. The van der Waals surface area contributed by atoms with Crippen molar-refractivity contribution in [2.75, 3.05) is 13.2 Å². The standard InChI is InChI=1S/C66H103NO10/c1-4-7-10-13-16-19-22-24-26-28-29-30-31-32-34-36-39-42-45-48-51-54-61(71)77-64-63(73)62(72)60(55-68)76-66(64)75-56-57(58(69)52-49-46-43-40-37-21-18-15-12-9-6-3)67-65(74)59(70)53-50-47-44-41-38-35-33-27-25-23-20-17-14-11-8-5-2/h7-8,10-11,14,16-17,19-20,23-27,29-30,32-35,38-39,41-42,49,52,57-60,62-64,66,68-70,72-73H,4-6,9,12-13,15,18,21-22,28,31,36-37,40,43-48,50-51,53-56H2,1-3H3,(H,67,74)/b10-7-,11-8-,17-14+,19-16-,23-20+,26-24-,27-25-,30-29-,34-32-,35-33+,41-38+,42-39-,52-49+. The van der Waals surface area contributed by atoms with Crippen molar-refractivity contribution in [3.8, 4) is 0 Å². The molecule has 11 heteroatoms. The Morgan fingerprint density at radius 1 is 0.532 bits per heavy atom. The van der Waals surface area contributed by atoms with E-state index in [4.69, 9.17) is 14.2 Å². The Kier molecular flexibility index (Phi) is 47.5. The fourth-order valence-electron chi connectivity index (χ4n) is 7.98. The van der Waals surface area contributed by atoms with Gasteiger partial charge in [-0.1, -0.05) is 237 Å². The molecule has 11 nitrogen and oxygen atoms in total.